The molecular formula is C33H42N4O5. The summed E-state index contributed by atoms with van der Waals surface area (Å²) in [6.45, 7) is 7.09. The fourth-order valence-corrected chi connectivity index (χ4v) is 6.23. The third kappa shape index (κ3) is 7.69. The Morgan fingerprint density at radius 2 is 1.67 bits per heavy atom. The minimum Gasteiger partial charge on any atom is -0.445 e. The summed E-state index contributed by atoms with van der Waals surface area (Å²) >= 11 is 0. The zero-order valence-electron chi connectivity index (χ0n) is 24.8. The number of ether oxygens (including phenoxy) is 2. The Morgan fingerprint density at radius 3 is 2.29 bits per heavy atom. The predicted octanol–water partition coefficient (Wildman–Crippen LogP) is 5.89. The Bertz CT molecular complexity index is 1250. The summed E-state index contributed by atoms with van der Waals surface area (Å²) in [5, 5.41) is 3.05. The smallest absolute Gasteiger partial charge is 0.410 e. The normalized spacial score (nSPS) is 22.7. The van der Waals surface area contributed by atoms with E-state index in [4.69, 9.17) is 9.47 Å². The summed E-state index contributed by atoms with van der Waals surface area (Å²) in [5.41, 5.74) is 1.01. The van der Waals surface area contributed by atoms with Crippen molar-refractivity contribution in [3.63, 3.8) is 0 Å². The van der Waals surface area contributed by atoms with E-state index in [1.165, 1.54) is 0 Å². The molecule has 0 aliphatic carbocycles. The first-order chi connectivity index (χ1) is 20.1. The van der Waals surface area contributed by atoms with Crippen LogP contribution in [0.5, 0.6) is 0 Å². The quantitative estimate of drug-likeness (QED) is 0.325. The number of ketones is 1. The molecule has 3 fully saturated rings. The van der Waals surface area contributed by atoms with E-state index in [0.717, 1.165) is 49.9 Å². The van der Waals surface area contributed by atoms with Crippen molar-refractivity contribution in [1.29, 1.82) is 0 Å². The summed E-state index contributed by atoms with van der Waals surface area (Å²) in [5.74, 6) is 1.05. The predicted molar refractivity (Wildman–Crippen MR) is 160 cm³/mol. The highest BCUT2D eigenvalue weighted by Crippen LogP contribution is 2.38. The number of pyridine rings is 1. The molecule has 1 N–H and O–H groups in total. The monoisotopic (exact) mass is 574 g/mol. The van der Waals surface area contributed by atoms with Crippen LogP contribution in [-0.4, -0.2) is 64.7 Å². The number of hydrogen-bond donors (Lipinski definition) is 1. The number of carbonyl (C=O) groups excluding carboxylic acids is 3. The van der Waals surface area contributed by atoms with Gasteiger partial charge in [-0.1, -0.05) is 36.4 Å². The van der Waals surface area contributed by atoms with Crippen LogP contribution in [-0.2, 0) is 16.1 Å². The molecule has 3 saturated heterocycles. The van der Waals surface area contributed by atoms with Crippen molar-refractivity contribution in [2.45, 2.75) is 89.6 Å². The number of anilines is 1. The number of fused-ring (bicyclic) bond motifs is 2. The van der Waals surface area contributed by atoms with E-state index in [1.807, 2.05) is 69.3 Å². The summed E-state index contributed by atoms with van der Waals surface area (Å²) < 4.78 is 10.9. The lowest BCUT2D eigenvalue weighted by atomic mass is 9.96. The average molecular weight is 575 g/mol. The van der Waals surface area contributed by atoms with Gasteiger partial charge in [-0.3, -0.25) is 4.79 Å². The van der Waals surface area contributed by atoms with Crippen LogP contribution in [0.3, 0.4) is 0 Å². The maximum atomic E-state index is 12.9. The number of rotatable bonds is 7. The number of amides is 2. The molecule has 2 aromatic rings. The van der Waals surface area contributed by atoms with E-state index >= 15 is 0 Å². The SMILES string of the molecule is CC(C)(C)OC(=O)N[C@H]1C[C@H]2CC[C@@H](C1)N2c1ccc(C(=O)/C=C\C2CCN(C(=O)OCc3ccccc3)CC2)cn1. The van der Waals surface area contributed by atoms with Gasteiger partial charge in [0.2, 0.25) is 0 Å². The first-order valence-corrected chi connectivity index (χ1v) is 15.1. The maximum absolute atomic E-state index is 12.9. The van der Waals surface area contributed by atoms with Gasteiger partial charge >= 0.3 is 12.2 Å². The van der Waals surface area contributed by atoms with E-state index in [2.05, 4.69) is 15.2 Å². The maximum Gasteiger partial charge on any atom is 0.410 e. The van der Waals surface area contributed by atoms with Crippen molar-refractivity contribution >= 4 is 23.8 Å². The molecule has 3 aliphatic heterocycles. The first kappa shape index (κ1) is 29.6. The Labute approximate surface area is 248 Å². The van der Waals surface area contributed by atoms with Gasteiger partial charge in [-0.05, 0) is 89.0 Å². The van der Waals surface area contributed by atoms with Crippen LogP contribution in [0.4, 0.5) is 15.4 Å². The first-order valence-electron chi connectivity index (χ1n) is 15.1. The van der Waals surface area contributed by atoms with E-state index < -0.39 is 5.60 Å². The third-order valence-electron chi connectivity index (χ3n) is 8.27. The highest BCUT2D eigenvalue weighted by molar-refractivity contribution is 6.04. The van der Waals surface area contributed by atoms with Crippen molar-refractivity contribution in [2.75, 3.05) is 18.0 Å². The van der Waals surface area contributed by atoms with Crippen LogP contribution in [0.1, 0.15) is 75.2 Å². The van der Waals surface area contributed by atoms with Crippen molar-refractivity contribution in [3.05, 3.63) is 71.9 Å². The van der Waals surface area contributed by atoms with Gasteiger partial charge in [-0.15, -0.1) is 0 Å². The molecule has 0 radical (unpaired) electrons. The molecule has 1 aromatic heterocycles. The highest BCUT2D eigenvalue weighted by Gasteiger charge is 2.42. The van der Waals surface area contributed by atoms with Crippen molar-refractivity contribution in [1.82, 2.24) is 15.2 Å². The van der Waals surface area contributed by atoms with Crippen molar-refractivity contribution in [2.24, 2.45) is 5.92 Å². The largest absolute Gasteiger partial charge is 0.445 e. The lowest BCUT2D eigenvalue weighted by Gasteiger charge is -2.40. The van der Waals surface area contributed by atoms with Crippen LogP contribution in [0.25, 0.3) is 0 Å². The molecule has 42 heavy (non-hydrogen) atoms. The lowest BCUT2D eigenvalue weighted by molar-refractivity contribution is 0.0492. The summed E-state index contributed by atoms with van der Waals surface area (Å²) in [4.78, 5) is 46.3. The zero-order chi connectivity index (χ0) is 29.7. The standard InChI is InChI=1S/C33H42N4O5/c1-33(2,3)42-31(39)35-26-19-27-11-12-28(20-26)37(27)30-14-10-25(21-34-30)29(38)13-9-23-15-17-36(18-16-23)32(40)41-22-24-7-5-4-6-8-24/h4-10,13-14,21,23,26-28H,11-12,15-20,22H2,1-3H3,(H,35,39)/b13-9-/t26-,27+,28-. The fourth-order valence-electron chi connectivity index (χ4n) is 6.23. The second-order valence-electron chi connectivity index (χ2n) is 12.6. The fraction of sp³-hybridized carbons (Fsp3) is 0.515. The van der Waals surface area contributed by atoms with Crippen LogP contribution >= 0.6 is 0 Å². The molecular weight excluding hydrogens is 532 g/mol. The van der Waals surface area contributed by atoms with Gasteiger partial charge in [0.25, 0.3) is 0 Å². The molecule has 1 aromatic carbocycles. The van der Waals surface area contributed by atoms with Gasteiger partial charge in [0.05, 0.1) is 0 Å². The van der Waals surface area contributed by atoms with Crippen molar-refractivity contribution in [3.8, 4) is 0 Å². The van der Waals surface area contributed by atoms with Crippen LogP contribution in [0, 0.1) is 5.92 Å². The lowest BCUT2D eigenvalue weighted by Crippen LogP contribution is -2.51. The third-order valence-corrected chi connectivity index (χ3v) is 8.27. The van der Waals surface area contributed by atoms with E-state index in [-0.39, 0.29) is 36.5 Å². The number of carbonyl (C=O) groups is 3. The molecule has 0 unspecified atom stereocenters. The van der Waals surface area contributed by atoms with Gasteiger partial charge in [0, 0.05) is 43.0 Å². The summed E-state index contributed by atoms with van der Waals surface area (Å²) in [7, 11) is 0. The van der Waals surface area contributed by atoms with Gasteiger partial charge in [0.15, 0.2) is 5.78 Å². The molecule has 0 saturated carbocycles. The molecule has 9 heteroatoms. The summed E-state index contributed by atoms with van der Waals surface area (Å²) in [6, 6.07) is 14.1. The average Bonchev–Trinajstić information content (AvgIpc) is 3.24. The number of hydrogen-bond acceptors (Lipinski definition) is 7. The Hall–Kier alpha value is -3.88. The topological polar surface area (TPSA) is 101 Å². The number of nitrogens with zero attached hydrogens (tertiary/aromatic N) is 3. The molecule has 4 heterocycles. The molecule has 3 atom stereocenters. The molecule has 2 amide bonds. The highest BCUT2D eigenvalue weighted by atomic mass is 16.6. The minimum absolute atomic E-state index is 0.0676. The second kappa shape index (κ2) is 13.0. The van der Waals surface area contributed by atoms with E-state index in [1.54, 1.807) is 17.2 Å². The van der Waals surface area contributed by atoms with Crippen molar-refractivity contribution < 1.29 is 23.9 Å². The minimum atomic E-state index is -0.516. The van der Waals surface area contributed by atoms with Crippen LogP contribution in [0.2, 0.25) is 0 Å². The van der Waals surface area contributed by atoms with Gasteiger partial charge in [0.1, 0.15) is 18.0 Å². The molecule has 3 aliphatic rings. The second-order valence-corrected chi connectivity index (χ2v) is 12.6. The number of alkyl carbamates (subject to hydrolysis) is 1. The number of allylic oxidation sites excluding steroid dienone is 2. The summed E-state index contributed by atoms with van der Waals surface area (Å²) in [6.07, 6.45) is 10.0. The van der Waals surface area contributed by atoms with E-state index in [9.17, 15) is 14.4 Å². The van der Waals surface area contributed by atoms with Crippen LogP contribution < -0.4 is 10.2 Å². The Kier molecular flexibility index (Phi) is 9.14. The zero-order valence-corrected chi connectivity index (χ0v) is 24.8. The Morgan fingerprint density at radius 1 is 0.976 bits per heavy atom. The van der Waals surface area contributed by atoms with Crippen LogP contribution in [0.15, 0.2) is 60.8 Å². The van der Waals surface area contributed by atoms with Gasteiger partial charge in [-0.25, -0.2) is 14.6 Å². The number of aromatic nitrogens is 1. The Balaban J connectivity index is 1.07. The molecule has 0 spiro atoms. The molecule has 5 rings (SSSR count). The molecule has 9 nitrogen and oxygen atoms in total. The van der Waals surface area contributed by atoms with E-state index in [0.29, 0.717) is 30.7 Å². The van der Waals surface area contributed by atoms with Gasteiger partial charge in [-0.2, -0.15) is 0 Å². The molecule has 224 valence electrons. The number of nitrogens with one attached hydrogen (secondary N) is 1. The van der Waals surface area contributed by atoms with Gasteiger partial charge < -0.3 is 24.6 Å². The number of piperidine rings is 2. The number of likely N-dealkylation sites (tertiary alicyclic amines) is 1. The molecule has 2 bridgehead atoms. The number of benzene rings is 1.